The number of aryl methyl sites for hydroxylation is 2. The molecule has 0 aliphatic heterocycles. The number of aliphatic carboxylic acids is 1. The van der Waals surface area contributed by atoms with Gasteiger partial charge in [-0.25, -0.2) is 4.68 Å². The minimum Gasteiger partial charge on any atom is -0.480 e. The summed E-state index contributed by atoms with van der Waals surface area (Å²) in [5.74, 6) is -1.09. The van der Waals surface area contributed by atoms with Crippen molar-refractivity contribution in [2.75, 3.05) is 5.32 Å². The van der Waals surface area contributed by atoms with Crippen molar-refractivity contribution in [1.82, 2.24) is 24.8 Å². The minimum absolute atomic E-state index is 0.260. The Morgan fingerprint density at radius 2 is 2.19 bits per heavy atom. The summed E-state index contributed by atoms with van der Waals surface area (Å²) in [7, 11) is 1.68. The van der Waals surface area contributed by atoms with Crippen LogP contribution in [-0.2, 0) is 24.9 Å². The van der Waals surface area contributed by atoms with Gasteiger partial charge >= 0.3 is 5.97 Å². The molecule has 0 unspecified atom stereocenters. The van der Waals surface area contributed by atoms with E-state index in [9.17, 15) is 9.59 Å². The third kappa shape index (κ3) is 3.16. The van der Waals surface area contributed by atoms with E-state index in [0.717, 1.165) is 0 Å². The fourth-order valence-electron chi connectivity index (χ4n) is 1.97. The molecular formula is C11H15N7O3. The normalized spacial score (nSPS) is 10.6. The molecule has 4 N–H and O–H groups in total. The van der Waals surface area contributed by atoms with Gasteiger partial charge < -0.3 is 16.2 Å². The lowest BCUT2D eigenvalue weighted by molar-refractivity contribution is -0.137. The molecule has 0 aromatic carbocycles. The Labute approximate surface area is 119 Å². The highest BCUT2D eigenvalue weighted by Gasteiger charge is 2.18. The number of aromatic nitrogens is 5. The van der Waals surface area contributed by atoms with Crippen LogP contribution in [0.1, 0.15) is 21.7 Å². The number of nitrogens with two attached hydrogens (primary N) is 1. The van der Waals surface area contributed by atoms with Gasteiger partial charge in [-0.15, -0.1) is 5.10 Å². The first-order valence-corrected chi connectivity index (χ1v) is 6.06. The number of carbonyl (C=O) groups is 2. The molecule has 2 rings (SSSR count). The largest absolute Gasteiger partial charge is 0.480 e. The Balaban J connectivity index is 2.11. The standard InChI is InChI=1S/C11H15N7O3/c1-6-9(10(12)21)11(17(2)15-6)13-3-7-4-18(16-14-7)5-8(19)20/h4,13H,3,5H2,1-2H3,(H2,12,21)(H,19,20). The molecule has 2 aromatic rings. The quantitative estimate of drug-likeness (QED) is 0.627. The van der Waals surface area contributed by atoms with Crippen molar-refractivity contribution >= 4 is 17.7 Å². The van der Waals surface area contributed by atoms with E-state index in [2.05, 4.69) is 20.7 Å². The second-order valence-corrected chi connectivity index (χ2v) is 4.45. The lowest BCUT2D eigenvalue weighted by Gasteiger charge is -2.06. The summed E-state index contributed by atoms with van der Waals surface area (Å²) >= 11 is 0. The van der Waals surface area contributed by atoms with Crippen molar-refractivity contribution in [3.05, 3.63) is 23.1 Å². The summed E-state index contributed by atoms with van der Waals surface area (Å²) in [6.45, 7) is 1.69. The monoisotopic (exact) mass is 293 g/mol. The molecule has 2 aromatic heterocycles. The summed E-state index contributed by atoms with van der Waals surface area (Å²) in [5, 5.41) is 23.3. The van der Waals surface area contributed by atoms with Crippen LogP contribution in [0.3, 0.4) is 0 Å². The van der Waals surface area contributed by atoms with Gasteiger partial charge in [-0.1, -0.05) is 5.21 Å². The Morgan fingerprint density at radius 3 is 2.81 bits per heavy atom. The number of carbonyl (C=O) groups excluding carboxylic acids is 1. The zero-order chi connectivity index (χ0) is 15.6. The van der Waals surface area contributed by atoms with E-state index in [1.165, 1.54) is 15.6 Å². The topological polar surface area (TPSA) is 141 Å². The van der Waals surface area contributed by atoms with Crippen molar-refractivity contribution in [3.8, 4) is 0 Å². The van der Waals surface area contributed by atoms with Gasteiger partial charge in [0.1, 0.15) is 23.6 Å². The molecule has 0 saturated heterocycles. The maximum atomic E-state index is 11.4. The number of hydrogen-bond acceptors (Lipinski definition) is 6. The predicted molar refractivity (Wildman–Crippen MR) is 71.4 cm³/mol. The Bertz CT molecular complexity index is 688. The molecule has 10 heteroatoms. The van der Waals surface area contributed by atoms with Crippen LogP contribution >= 0.6 is 0 Å². The Morgan fingerprint density at radius 1 is 1.48 bits per heavy atom. The van der Waals surface area contributed by atoms with Crippen molar-refractivity contribution in [1.29, 1.82) is 0 Å². The molecule has 0 spiro atoms. The first-order chi connectivity index (χ1) is 9.88. The van der Waals surface area contributed by atoms with Crippen LogP contribution in [0.25, 0.3) is 0 Å². The third-order valence-corrected chi connectivity index (χ3v) is 2.79. The van der Waals surface area contributed by atoms with Gasteiger partial charge in [0.2, 0.25) is 0 Å². The highest BCUT2D eigenvalue weighted by Crippen LogP contribution is 2.18. The molecule has 21 heavy (non-hydrogen) atoms. The molecule has 0 aliphatic carbocycles. The number of nitrogens with zero attached hydrogens (tertiary/aromatic N) is 5. The molecule has 1 amide bonds. The molecule has 0 aliphatic rings. The summed E-state index contributed by atoms with van der Waals surface area (Å²) in [6, 6.07) is 0. The number of rotatable bonds is 6. The molecule has 0 saturated carbocycles. The average molecular weight is 293 g/mol. The number of hydrogen-bond donors (Lipinski definition) is 3. The Kier molecular flexibility index (Phi) is 3.87. The summed E-state index contributed by atoms with van der Waals surface area (Å²) in [6.07, 6.45) is 1.51. The first kappa shape index (κ1) is 14.5. The maximum absolute atomic E-state index is 11.4. The van der Waals surface area contributed by atoms with Gasteiger partial charge in [0.15, 0.2) is 0 Å². The van der Waals surface area contributed by atoms with Crippen LogP contribution < -0.4 is 11.1 Å². The predicted octanol–water partition coefficient (Wildman–Crippen LogP) is -0.884. The highest BCUT2D eigenvalue weighted by atomic mass is 16.4. The van der Waals surface area contributed by atoms with Gasteiger partial charge in [-0.2, -0.15) is 5.10 Å². The third-order valence-electron chi connectivity index (χ3n) is 2.79. The lowest BCUT2D eigenvalue weighted by Crippen LogP contribution is -2.15. The van der Waals surface area contributed by atoms with Gasteiger partial charge in [0, 0.05) is 7.05 Å². The van der Waals surface area contributed by atoms with Crippen LogP contribution in [0.5, 0.6) is 0 Å². The van der Waals surface area contributed by atoms with Gasteiger partial charge in [0.05, 0.1) is 18.4 Å². The molecule has 0 atom stereocenters. The van der Waals surface area contributed by atoms with Crippen molar-refractivity contribution < 1.29 is 14.7 Å². The molecule has 10 nitrogen and oxygen atoms in total. The summed E-state index contributed by atoms with van der Waals surface area (Å²) in [4.78, 5) is 22.0. The number of nitrogens with one attached hydrogen (secondary N) is 1. The molecule has 0 radical (unpaired) electrons. The van der Waals surface area contributed by atoms with E-state index in [-0.39, 0.29) is 13.1 Å². The average Bonchev–Trinajstić information content (AvgIpc) is 2.90. The molecule has 112 valence electrons. The van der Waals surface area contributed by atoms with Crippen LogP contribution in [0.2, 0.25) is 0 Å². The molecular weight excluding hydrogens is 278 g/mol. The van der Waals surface area contributed by atoms with E-state index in [1.54, 1.807) is 14.0 Å². The van der Waals surface area contributed by atoms with Gasteiger partial charge in [-0.3, -0.25) is 14.3 Å². The van der Waals surface area contributed by atoms with Crippen LogP contribution in [0.15, 0.2) is 6.20 Å². The number of amides is 1. The van der Waals surface area contributed by atoms with Crippen LogP contribution in [-0.4, -0.2) is 41.8 Å². The van der Waals surface area contributed by atoms with E-state index in [0.29, 0.717) is 22.8 Å². The number of anilines is 1. The van der Waals surface area contributed by atoms with Gasteiger partial charge in [-0.05, 0) is 6.92 Å². The zero-order valence-electron chi connectivity index (χ0n) is 11.6. The van der Waals surface area contributed by atoms with Crippen molar-refractivity contribution in [3.63, 3.8) is 0 Å². The van der Waals surface area contributed by atoms with Gasteiger partial charge in [0.25, 0.3) is 5.91 Å². The molecule has 0 fully saturated rings. The van der Waals surface area contributed by atoms with E-state index in [1.807, 2.05) is 0 Å². The number of carboxylic acid groups (broad SMARTS) is 1. The molecule has 0 bridgehead atoms. The SMILES string of the molecule is Cc1nn(C)c(NCc2cn(CC(=O)O)nn2)c1C(N)=O. The highest BCUT2D eigenvalue weighted by molar-refractivity contribution is 5.98. The second kappa shape index (κ2) is 5.61. The van der Waals surface area contributed by atoms with E-state index in [4.69, 9.17) is 10.8 Å². The summed E-state index contributed by atoms with van der Waals surface area (Å²) in [5.41, 5.74) is 6.70. The minimum atomic E-state index is -1.00. The van der Waals surface area contributed by atoms with Crippen LogP contribution in [0, 0.1) is 6.92 Å². The van der Waals surface area contributed by atoms with E-state index < -0.39 is 11.9 Å². The smallest absolute Gasteiger partial charge is 0.325 e. The maximum Gasteiger partial charge on any atom is 0.325 e. The number of primary amides is 1. The zero-order valence-corrected chi connectivity index (χ0v) is 11.6. The van der Waals surface area contributed by atoms with Crippen molar-refractivity contribution in [2.45, 2.75) is 20.0 Å². The van der Waals surface area contributed by atoms with Crippen LogP contribution in [0.4, 0.5) is 5.82 Å². The van der Waals surface area contributed by atoms with E-state index >= 15 is 0 Å². The fraction of sp³-hybridized carbons (Fsp3) is 0.364. The molecule has 2 heterocycles. The second-order valence-electron chi connectivity index (χ2n) is 4.45. The van der Waals surface area contributed by atoms with Crippen molar-refractivity contribution in [2.24, 2.45) is 12.8 Å². The Hall–Kier alpha value is -2.91. The first-order valence-electron chi connectivity index (χ1n) is 6.06. The summed E-state index contributed by atoms with van der Waals surface area (Å²) < 4.78 is 2.72. The lowest BCUT2D eigenvalue weighted by atomic mass is 10.2. The number of carboxylic acids is 1. The fourth-order valence-corrected chi connectivity index (χ4v) is 1.97.